The summed E-state index contributed by atoms with van der Waals surface area (Å²) in [6.07, 6.45) is 0.868. The number of carbonyl (C=O) groups excluding carboxylic acids is 2. The zero-order chi connectivity index (χ0) is 26.2. The molecular weight excluding hydrogens is 473 g/mol. The molecule has 2 fully saturated rings. The van der Waals surface area contributed by atoms with Gasteiger partial charge in [0.2, 0.25) is 5.88 Å². The summed E-state index contributed by atoms with van der Waals surface area (Å²) < 4.78 is 40.0. The van der Waals surface area contributed by atoms with Gasteiger partial charge in [-0.3, -0.25) is 4.79 Å². The molecule has 0 bridgehead atoms. The van der Waals surface area contributed by atoms with Crippen molar-refractivity contribution in [1.29, 1.82) is 0 Å². The second kappa shape index (κ2) is 12.6. The largest absolute Gasteiger partial charge is 0.475 e. The molecule has 202 valence electrons. The highest BCUT2D eigenvalue weighted by Gasteiger charge is 2.41. The lowest BCUT2D eigenvalue weighted by Gasteiger charge is -2.42. The molecule has 1 amide bonds. The number of halogens is 1. The van der Waals surface area contributed by atoms with Crippen molar-refractivity contribution >= 4 is 17.6 Å². The van der Waals surface area contributed by atoms with Gasteiger partial charge < -0.3 is 33.9 Å². The molecule has 0 atom stereocenters. The van der Waals surface area contributed by atoms with Crippen LogP contribution in [0.2, 0.25) is 0 Å². The fraction of sp³-hybridized carbons (Fsp3) is 0.720. The summed E-state index contributed by atoms with van der Waals surface area (Å²) in [6, 6.07) is 3.40. The van der Waals surface area contributed by atoms with Crippen molar-refractivity contribution in [3.05, 3.63) is 17.8 Å². The number of nitrogens with zero attached hydrogens (tertiary/aromatic N) is 2. The number of esters is 1. The van der Waals surface area contributed by atoms with Crippen LogP contribution in [0.1, 0.15) is 44.1 Å². The minimum absolute atomic E-state index is 0.0180. The zero-order valence-electron chi connectivity index (χ0n) is 21.6. The van der Waals surface area contributed by atoms with Gasteiger partial charge in [0.25, 0.3) is 5.91 Å². The molecule has 36 heavy (non-hydrogen) atoms. The van der Waals surface area contributed by atoms with Gasteiger partial charge in [-0.25, -0.2) is 14.2 Å². The molecule has 0 unspecified atom stereocenters. The van der Waals surface area contributed by atoms with Crippen LogP contribution in [0.25, 0.3) is 0 Å². The van der Waals surface area contributed by atoms with Crippen LogP contribution < -0.4 is 15.0 Å². The van der Waals surface area contributed by atoms with E-state index in [1.165, 1.54) is 0 Å². The van der Waals surface area contributed by atoms with Crippen LogP contribution in [0.5, 0.6) is 5.88 Å². The first kappa shape index (κ1) is 28.1. The predicted octanol–water partition coefficient (Wildman–Crippen LogP) is 2.15. The number of anilines is 1. The summed E-state index contributed by atoms with van der Waals surface area (Å²) in [7, 11) is 1.67. The van der Waals surface area contributed by atoms with Crippen LogP contribution in [-0.2, 0) is 23.7 Å². The number of aromatic nitrogens is 1. The van der Waals surface area contributed by atoms with Crippen LogP contribution in [0.3, 0.4) is 0 Å². The van der Waals surface area contributed by atoms with Crippen molar-refractivity contribution in [2.75, 3.05) is 71.4 Å². The molecular formula is C25H38FN3O7. The summed E-state index contributed by atoms with van der Waals surface area (Å²) in [5.74, 6) is -0.666. The van der Waals surface area contributed by atoms with Gasteiger partial charge in [0.15, 0.2) is 0 Å². The van der Waals surface area contributed by atoms with Crippen LogP contribution in [0.15, 0.2) is 12.1 Å². The number of methoxy groups -OCH3 is 1. The fourth-order valence-electron chi connectivity index (χ4n) is 4.17. The molecule has 3 rings (SSSR count). The molecule has 10 nitrogen and oxygen atoms in total. The Morgan fingerprint density at radius 2 is 1.94 bits per heavy atom. The molecule has 2 saturated heterocycles. The molecule has 1 N–H and O–H groups in total. The molecule has 0 spiro atoms. The standard InChI is InChI=1S/C25H38FN3O7/c1-5-25(6-2,23(31)35-7-3)28-21(30)19-8-9-20(29-12-18(13-29)32-4)22(27-19)36-17-24(15-34-16-24)14-33-11-10-26/h8-9,18H,5-7,10-17H2,1-4H3,(H,28,30). The van der Waals surface area contributed by atoms with Crippen LogP contribution in [0.4, 0.5) is 10.1 Å². The van der Waals surface area contributed by atoms with E-state index in [2.05, 4.69) is 15.2 Å². The number of hydrogen-bond donors (Lipinski definition) is 1. The van der Waals surface area contributed by atoms with E-state index in [-0.39, 0.29) is 31.6 Å². The highest BCUT2D eigenvalue weighted by atomic mass is 19.1. The van der Waals surface area contributed by atoms with Gasteiger partial charge in [-0.05, 0) is 31.9 Å². The average Bonchev–Trinajstić information content (AvgIpc) is 2.83. The van der Waals surface area contributed by atoms with Gasteiger partial charge >= 0.3 is 5.97 Å². The van der Waals surface area contributed by atoms with E-state index in [0.717, 1.165) is 5.69 Å². The topological polar surface area (TPSA) is 108 Å². The Balaban J connectivity index is 1.80. The van der Waals surface area contributed by atoms with Crippen LogP contribution in [0, 0.1) is 5.41 Å². The highest BCUT2D eigenvalue weighted by molar-refractivity contribution is 5.97. The lowest BCUT2D eigenvalue weighted by molar-refractivity contribution is -0.164. The Bertz CT molecular complexity index is 886. The predicted molar refractivity (Wildman–Crippen MR) is 130 cm³/mol. The number of nitrogens with one attached hydrogen (secondary N) is 1. The SMILES string of the molecule is CCOC(=O)C(CC)(CC)NC(=O)c1ccc(N2CC(OC)C2)c(OCC2(COCCF)COC2)n1. The summed E-state index contributed by atoms with van der Waals surface area (Å²) >= 11 is 0. The number of amides is 1. The van der Waals surface area contributed by atoms with Gasteiger partial charge in [0.05, 0.1) is 44.6 Å². The van der Waals surface area contributed by atoms with Crippen LogP contribution in [-0.4, -0.2) is 95.0 Å². The number of carbonyl (C=O) groups is 2. The molecule has 0 saturated carbocycles. The second-order valence-electron chi connectivity index (χ2n) is 9.27. The molecule has 2 aliphatic rings. The average molecular weight is 512 g/mol. The summed E-state index contributed by atoms with van der Waals surface area (Å²) in [5.41, 5.74) is -0.679. The maximum Gasteiger partial charge on any atom is 0.331 e. The van der Waals surface area contributed by atoms with E-state index in [9.17, 15) is 14.0 Å². The second-order valence-corrected chi connectivity index (χ2v) is 9.27. The first-order valence-electron chi connectivity index (χ1n) is 12.5. The van der Waals surface area contributed by atoms with Crippen molar-refractivity contribution in [3.63, 3.8) is 0 Å². The number of alkyl halides is 1. The van der Waals surface area contributed by atoms with E-state index in [1.54, 1.807) is 26.2 Å². The molecule has 2 aliphatic heterocycles. The lowest BCUT2D eigenvalue weighted by Crippen LogP contribution is -2.54. The highest BCUT2D eigenvalue weighted by Crippen LogP contribution is 2.34. The Morgan fingerprint density at radius 1 is 1.22 bits per heavy atom. The molecule has 1 aromatic rings. The monoisotopic (exact) mass is 511 g/mol. The van der Waals surface area contributed by atoms with E-state index in [1.807, 2.05) is 13.8 Å². The summed E-state index contributed by atoms with van der Waals surface area (Å²) in [6.45, 7) is 7.81. The molecule has 0 radical (unpaired) electrons. The molecule has 0 aliphatic carbocycles. The van der Waals surface area contributed by atoms with Crippen molar-refractivity contribution in [3.8, 4) is 5.88 Å². The normalized spacial score (nSPS) is 17.2. The van der Waals surface area contributed by atoms with Gasteiger partial charge in [-0.1, -0.05) is 13.8 Å². The molecule has 1 aromatic heterocycles. The molecule has 11 heteroatoms. The minimum Gasteiger partial charge on any atom is -0.475 e. The Labute approximate surface area is 211 Å². The zero-order valence-corrected chi connectivity index (χ0v) is 21.6. The fourth-order valence-corrected chi connectivity index (χ4v) is 4.17. The Morgan fingerprint density at radius 3 is 2.50 bits per heavy atom. The number of rotatable bonds is 15. The number of hydrogen-bond acceptors (Lipinski definition) is 9. The van der Waals surface area contributed by atoms with Crippen molar-refractivity contribution in [2.45, 2.75) is 45.3 Å². The smallest absolute Gasteiger partial charge is 0.331 e. The lowest BCUT2D eigenvalue weighted by atomic mass is 9.88. The van der Waals surface area contributed by atoms with Crippen molar-refractivity contribution in [2.24, 2.45) is 5.41 Å². The maximum atomic E-state index is 13.2. The molecule has 3 heterocycles. The van der Waals surface area contributed by atoms with Crippen LogP contribution >= 0.6 is 0 Å². The third kappa shape index (κ3) is 6.24. The van der Waals surface area contributed by atoms with E-state index in [4.69, 9.17) is 23.7 Å². The third-order valence-corrected chi connectivity index (χ3v) is 6.78. The van der Waals surface area contributed by atoms with Crippen molar-refractivity contribution < 1.29 is 37.7 Å². The summed E-state index contributed by atoms with van der Waals surface area (Å²) in [4.78, 5) is 32.4. The quantitative estimate of drug-likeness (QED) is 0.280. The summed E-state index contributed by atoms with van der Waals surface area (Å²) in [5, 5.41) is 2.84. The maximum absolute atomic E-state index is 13.2. The van der Waals surface area contributed by atoms with Gasteiger partial charge in [-0.15, -0.1) is 0 Å². The van der Waals surface area contributed by atoms with Crippen molar-refractivity contribution in [1.82, 2.24) is 10.3 Å². The van der Waals surface area contributed by atoms with E-state index < -0.39 is 29.5 Å². The van der Waals surface area contributed by atoms with E-state index in [0.29, 0.717) is 51.6 Å². The number of ether oxygens (including phenoxy) is 5. The Hall–Kier alpha value is -2.50. The Kier molecular flexibility index (Phi) is 9.86. The van der Waals surface area contributed by atoms with Gasteiger partial charge in [0, 0.05) is 20.2 Å². The van der Waals surface area contributed by atoms with Gasteiger partial charge in [0.1, 0.15) is 30.2 Å². The van der Waals surface area contributed by atoms with E-state index >= 15 is 0 Å². The molecule has 0 aromatic carbocycles. The first-order valence-corrected chi connectivity index (χ1v) is 12.5. The van der Waals surface area contributed by atoms with Gasteiger partial charge in [-0.2, -0.15) is 0 Å². The third-order valence-electron chi connectivity index (χ3n) is 6.78. The first-order chi connectivity index (χ1) is 17.4. The minimum atomic E-state index is -1.14. The number of pyridine rings is 1.